The summed E-state index contributed by atoms with van der Waals surface area (Å²) in [7, 11) is 0. The third-order valence-electron chi connectivity index (χ3n) is 3.40. The van der Waals surface area contributed by atoms with Gasteiger partial charge in [-0.3, -0.25) is 4.79 Å². The van der Waals surface area contributed by atoms with E-state index < -0.39 is 18.0 Å². The quantitative estimate of drug-likeness (QED) is 0.714. The van der Waals surface area contributed by atoms with E-state index in [9.17, 15) is 9.90 Å². The van der Waals surface area contributed by atoms with Crippen LogP contribution in [0.5, 0.6) is 0 Å². The zero-order valence-electron chi connectivity index (χ0n) is 9.53. The number of hydrogen-bond acceptors (Lipinski definition) is 2. The van der Waals surface area contributed by atoms with Crippen LogP contribution in [0, 0.1) is 22.7 Å². The van der Waals surface area contributed by atoms with Crippen molar-refractivity contribution in [2.24, 2.45) is 22.7 Å². The molecule has 1 fully saturated rings. The Hall–Kier alpha value is -0.570. The van der Waals surface area contributed by atoms with Crippen molar-refractivity contribution in [1.29, 1.82) is 0 Å². The van der Waals surface area contributed by atoms with Gasteiger partial charge in [0.15, 0.2) is 0 Å². The second kappa shape index (κ2) is 2.96. The summed E-state index contributed by atoms with van der Waals surface area (Å²) >= 11 is 0. The van der Waals surface area contributed by atoms with Gasteiger partial charge >= 0.3 is 5.97 Å². The van der Waals surface area contributed by atoms with Crippen LogP contribution in [0.15, 0.2) is 0 Å². The van der Waals surface area contributed by atoms with E-state index in [4.69, 9.17) is 5.11 Å². The highest BCUT2D eigenvalue weighted by Gasteiger charge is 2.66. The lowest BCUT2D eigenvalue weighted by atomic mass is 9.84. The minimum absolute atomic E-state index is 0.111. The van der Waals surface area contributed by atoms with Crippen molar-refractivity contribution in [1.82, 2.24) is 0 Å². The normalized spacial score (nSPS) is 32.4. The number of rotatable bonds is 2. The van der Waals surface area contributed by atoms with Crippen LogP contribution in [0.25, 0.3) is 0 Å². The van der Waals surface area contributed by atoms with E-state index in [1.165, 1.54) is 0 Å². The van der Waals surface area contributed by atoms with Crippen LogP contribution in [0.4, 0.5) is 0 Å². The summed E-state index contributed by atoms with van der Waals surface area (Å²) in [6.07, 6.45) is -0.543. The Kier molecular flexibility index (Phi) is 2.43. The van der Waals surface area contributed by atoms with Gasteiger partial charge in [0.25, 0.3) is 0 Å². The molecule has 1 rings (SSSR count). The lowest BCUT2D eigenvalue weighted by Crippen LogP contribution is -2.30. The van der Waals surface area contributed by atoms with Crippen LogP contribution >= 0.6 is 0 Å². The first kappa shape index (κ1) is 11.5. The molecule has 0 aromatic rings. The van der Waals surface area contributed by atoms with E-state index in [0.717, 1.165) is 0 Å². The zero-order valence-corrected chi connectivity index (χ0v) is 9.53. The van der Waals surface area contributed by atoms with E-state index in [-0.39, 0.29) is 16.7 Å². The molecule has 3 atom stereocenters. The third-order valence-corrected chi connectivity index (χ3v) is 3.40. The van der Waals surface area contributed by atoms with Crippen LogP contribution in [0.3, 0.4) is 0 Å². The Balaban J connectivity index is 2.79. The molecule has 0 radical (unpaired) electrons. The number of aliphatic carboxylic acids is 1. The number of aliphatic hydroxyl groups is 1. The fraction of sp³-hybridized carbons (Fsp3) is 0.909. The van der Waals surface area contributed by atoms with E-state index in [1.54, 1.807) is 0 Å². The molecule has 0 saturated heterocycles. The molecule has 0 amide bonds. The lowest BCUT2D eigenvalue weighted by Gasteiger charge is -2.27. The monoisotopic (exact) mass is 200 g/mol. The highest BCUT2D eigenvalue weighted by Crippen LogP contribution is 2.62. The SMILES string of the molecule is CC(C)(C)C(O)[C@H]1[C@@H](C(=O)O)C1(C)C. The largest absolute Gasteiger partial charge is 0.481 e. The molecule has 0 aromatic carbocycles. The Morgan fingerprint density at radius 3 is 2.00 bits per heavy atom. The molecule has 0 aromatic heterocycles. The minimum Gasteiger partial charge on any atom is -0.481 e. The number of carbonyl (C=O) groups is 1. The molecule has 0 spiro atoms. The second-order valence-electron chi connectivity index (χ2n) is 5.97. The first-order valence-electron chi connectivity index (χ1n) is 5.01. The Morgan fingerprint density at radius 1 is 1.36 bits per heavy atom. The first-order chi connectivity index (χ1) is 6.10. The standard InChI is InChI=1S/C11H20O3/c1-10(2,3)8(12)6-7(9(13)14)11(6,4)5/h6-8,12H,1-5H3,(H,13,14)/t6-,7+,8?/m1/s1. The fourth-order valence-corrected chi connectivity index (χ4v) is 2.28. The topological polar surface area (TPSA) is 57.5 Å². The molecule has 1 saturated carbocycles. The zero-order chi connectivity index (χ0) is 11.3. The maximum atomic E-state index is 10.9. The maximum absolute atomic E-state index is 10.9. The molecule has 3 nitrogen and oxygen atoms in total. The number of carboxylic acids is 1. The highest BCUT2D eigenvalue weighted by molar-refractivity contribution is 5.75. The molecule has 2 N–H and O–H groups in total. The summed E-state index contributed by atoms with van der Waals surface area (Å²) in [6.45, 7) is 9.62. The fourth-order valence-electron chi connectivity index (χ4n) is 2.28. The van der Waals surface area contributed by atoms with E-state index in [0.29, 0.717) is 0 Å². The molecule has 14 heavy (non-hydrogen) atoms. The van der Waals surface area contributed by atoms with Gasteiger partial charge in [-0.2, -0.15) is 0 Å². The van der Waals surface area contributed by atoms with Gasteiger partial charge in [0, 0.05) is 5.92 Å². The van der Waals surface area contributed by atoms with Gasteiger partial charge in [-0.25, -0.2) is 0 Å². The molecule has 1 aliphatic rings. The molecule has 0 heterocycles. The average molecular weight is 200 g/mol. The Morgan fingerprint density at radius 2 is 1.79 bits per heavy atom. The van der Waals surface area contributed by atoms with E-state index in [1.807, 2.05) is 34.6 Å². The molecule has 0 bridgehead atoms. The summed E-state index contributed by atoms with van der Waals surface area (Å²) in [6, 6.07) is 0. The Labute approximate surface area is 85.1 Å². The summed E-state index contributed by atoms with van der Waals surface area (Å²) in [5.74, 6) is -1.29. The van der Waals surface area contributed by atoms with Crippen molar-refractivity contribution in [3.05, 3.63) is 0 Å². The predicted octanol–water partition coefficient (Wildman–Crippen LogP) is 1.75. The number of hydrogen-bond donors (Lipinski definition) is 2. The lowest BCUT2D eigenvalue weighted by molar-refractivity contribution is -0.140. The second-order valence-corrected chi connectivity index (χ2v) is 5.97. The first-order valence-corrected chi connectivity index (χ1v) is 5.01. The van der Waals surface area contributed by atoms with Gasteiger partial charge in [-0.1, -0.05) is 34.6 Å². The van der Waals surface area contributed by atoms with Crippen molar-refractivity contribution < 1.29 is 15.0 Å². The summed E-state index contributed by atoms with van der Waals surface area (Å²) in [5.41, 5.74) is -0.509. The summed E-state index contributed by atoms with van der Waals surface area (Å²) in [4.78, 5) is 10.9. The predicted molar refractivity (Wildman–Crippen MR) is 53.9 cm³/mol. The molecular formula is C11H20O3. The van der Waals surface area contributed by atoms with Gasteiger partial charge in [-0.05, 0) is 10.8 Å². The van der Waals surface area contributed by atoms with Crippen molar-refractivity contribution in [2.75, 3.05) is 0 Å². The highest BCUT2D eigenvalue weighted by atomic mass is 16.4. The van der Waals surface area contributed by atoms with Crippen molar-refractivity contribution in [3.8, 4) is 0 Å². The minimum atomic E-state index is -0.789. The Bertz CT molecular complexity index is 250. The third kappa shape index (κ3) is 1.65. The smallest absolute Gasteiger partial charge is 0.307 e. The van der Waals surface area contributed by atoms with Gasteiger partial charge in [-0.15, -0.1) is 0 Å². The number of carboxylic acid groups (broad SMARTS) is 1. The van der Waals surface area contributed by atoms with Gasteiger partial charge in [0.05, 0.1) is 12.0 Å². The molecule has 1 unspecified atom stereocenters. The number of aliphatic hydroxyl groups excluding tert-OH is 1. The summed E-state index contributed by atoms with van der Waals surface area (Å²) in [5, 5.41) is 19.0. The van der Waals surface area contributed by atoms with Crippen molar-refractivity contribution in [3.63, 3.8) is 0 Å². The van der Waals surface area contributed by atoms with E-state index >= 15 is 0 Å². The molecule has 1 aliphatic carbocycles. The van der Waals surface area contributed by atoms with Crippen molar-refractivity contribution in [2.45, 2.75) is 40.7 Å². The van der Waals surface area contributed by atoms with Crippen molar-refractivity contribution >= 4 is 5.97 Å². The van der Waals surface area contributed by atoms with Crippen LogP contribution in [-0.2, 0) is 4.79 Å². The van der Waals surface area contributed by atoms with Crippen LogP contribution < -0.4 is 0 Å². The van der Waals surface area contributed by atoms with E-state index in [2.05, 4.69) is 0 Å². The maximum Gasteiger partial charge on any atom is 0.307 e. The molecule has 3 heteroatoms. The van der Waals surface area contributed by atoms with Gasteiger partial charge in [0.2, 0.25) is 0 Å². The summed E-state index contributed by atoms with van der Waals surface area (Å²) < 4.78 is 0. The molecule has 0 aliphatic heterocycles. The van der Waals surface area contributed by atoms with Gasteiger partial charge < -0.3 is 10.2 Å². The molecule has 82 valence electrons. The average Bonchev–Trinajstić information content (AvgIpc) is 2.49. The van der Waals surface area contributed by atoms with Crippen LogP contribution in [0.1, 0.15) is 34.6 Å². The molecular weight excluding hydrogens is 180 g/mol. The van der Waals surface area contributed by atoms with Crippen LogP contribution in [0.2, 0.25) is 0 Å². The van der Waals surface area contributed by atoms with Gasteiger partial charge in [0.1, 0.15) is 0 Å². The van der Waals surface area contributed by atoms with Crippen LogP contribution in [-0.4, -0.2) is 22.3 Å².